The third-order valence-electron chi connectivity index (χ3n) is 6.85. The van der Waals surface area contributed by atoms with E-state index < -0.39 is 12.2 Å². The lowest BCUT2D eigenvalue weighted by Gasteiger charge is -2.45. The molecule has 1 fully saturated rings. The van der Waals surface area contributed by atoms with Crippen LogP contribution in [0.1, 0.15) is 35.4 Å². The molecule has 1 saturated heterocycles. The summed E-state index contributed by atoms with van der Waals surface area (Å²) in [5.41, 5.74) is 4.46. The van der Waals surface area contributed by atoms with Gasteiger partial charge in [-0.2, -0.15) is 0 Å². The maximum Gasteiger partial charge on any atom is 0.306 e. The molecule has 0 saturated carbocycles. The summed E-state index contributed by atoms with van der Waals surface area (Å²) in [6, 6.07) is 8.01. The summed E-state index contributed by atoms with van der Waals surface area (Å²) in [6.07, 6.45) is 5.66. The van der Waals surface area contributed by atoms with E-state index in [1.807, 2.05) is 30.3 Å². The van der Waals surface area contributed by atoms with Gasteiger partial charge in [0.15, 0.2) is 11.5 Å². The van der Waals surface area contributed by atoms with E-state index in [1.165, 1.54) is 5.57 Å². The van der Waals surface area contributed by atoms with E-state index in [4.69, 9.17) is 14.2 Å². The van der Waals surface area contributed by atoms with Gasteiger partial charge in [0.05, 0.1) is 0 Å². The van der Waals surface area contributed by atoms with Crippen molar-refractivity contribution in [3.05, 3.63) is 65.0 Å². The van der Waals surface area contributed by atoms with E-state index in [-0.39, 0.29) is 31.1 Å². The average Bonchev–Trinajstić information content (AvgIpc) is 3.40. The molecule has 4 atom stereocenters. The zero-order valence-corrected chi connectivity index (χ0v) is 17.1. The maximum absolute atomic E-state index is 12.7. The van der Waals surface area contributed by atoms with Crippen molar-refractivity contribution in [2.24, 2.45) is 0 Å². The minimum Gasteiger partial charge on any atom is -0.459 e. The highest BCUT2D eigenvalue weighted by molar-refractivity contribution is 5.70. The second-order valence-corrected chi connectivity index (χ2v) is 8.64. The molecule has 1 aromatic carbocycles. The number of aromatic nitrogens is 1. The Morgan fingerprint density at radius 2 is 2.16 bits per heavy atom. The van der Waals surface area contributed by atoms with Crippen LogP contribution in [0.4, 0.5) is 0 Å². The SMILES string of the molecule is O=C(CCc1cccnc1)OC1C(O)C=C2CCN3Cc4cc5c(cc4C1C23)OCO5. The predicted molar refractivity (Wildman–Crippen MR) is 111 cm³/mol. The molecule has 6 rings (SSSR count). The number of aliphatic hydroxyl groups excluding tert-OH is 1. The van der Waals surface area contributed by atoms with E-state index >= 15 is 0 Å². The van der Waals surface area contributed by atoms with Crippen molar-refractivity contribution in [3.8, 4) is 11.5 Å². The number of pyridine rings is 1. The number of benzene rings is 1. The molecule has 1 N–H and O–H groups in total. The second-order valence-electron chi connectivity index (χ2n) is 8.64. The third kappa shape index (κ3) is 3.20. The predicted octanol–water partition coefficient (Wildman–Crippen LogP) is 2.33. The van der Waals surface area contributed by atoms with Crippen LogP contribution in [0.15, 0.2) is 48.3 Å². The largest absolute Gasteiger partial charge is 0.459 e. The number of nitrogens with zero attached hydrogens (tertiary/aromatic N) is 2. The Labute approximate surface area is 180 Å². The highest BCUT2D eigenvalue weighted by atomic mass is 16.7. The summed E-state index contributed by atoms with van der Waals surface area (Å²) in [5.74, 6) is 1.05. The van der Waals surface area contributed by atoms with Crippen molar-refractivity contribution in [1.82, 2.24) is 9.88 Å². The highest BCUT2D eigenvalue weighted by Crippen LogP contribution is 2.50. The highest BCUT2D eigenvalue weighted by Gasteiger charge is 2.50. The summed E-state index contributed by atoms with van der Waals surface area (Å²) >= 11 is 0. The first-order valence-electron chi connectivity index (χ1n) is 10.8. The number of ether oxygens (including phenoxy) is 3. The Kier molecular flexibility index (Phi) is 4.47. The standard InChI is InChI=1S/C24H24N2O5/c27-18-8-15-5-7-26-12-16-9-19-20(30-13-29-19)10-17(16)22(23(15)26)24(18)31-21(28)4-3-14-2-1-6-25-11-14/h1-2,6,8-11,18,22-24,27H,3-5,7,12-13H2. The number of carbonyl (C=O) groups excluding carboxylic acids is 1. The van der Waals surface area contributed by atoms with Crippen LogP contribution < -0.4 is 9.47 Å². The summed E-state index contributed by atoms with van der Waals surface area (Å²) in [4.78, 5) is 19.3. The number of fused-ring (bicyclic) bond motifs is 3. The van der Waals surface area contributed by atoms with Crippen molar-refractivity contribution in [2.45, 2.75) is 50.0 Å². The van der Waals surface area contributed by atoms with Gasteiger partial charge in [0.1, 0.15) is 12.2 Å². The molecule has 1 aromatic heterocycles. The molecule has 2 aromatic rings. The Balaban J connectivity index is 1.30. The Morgan fingerprint density at radius 3 is 3.00 bits per heavy atom. The lowest BCUT2D eigenvalue weighted by Crippen LogP contribution is -2.51. The van der Waals surface area contributed by atoms with Crippen LogP contribution in [0.5, 0.6) is 11.5 Å². The number of hydrogen-bond acceptors (Lipinski definition) is 7. The first-order valence-corrected chi connectivity index (χ1v) is 10.8. The number of esters is 1. The second kappa shape index (κ2) is 7.35. The molecule has 0 radical (unpaired) electrons. The molecule has 4 unspecified atom stereocenters. The molecule has 4 heterocycles. The van der Waals surface area contributed by atoms with Gasteiger partial charge in [-0.05, 0) is 47.7 Å². The van der Waals surface area contributed by atoms with Crippen molar-refractivity contribution < 1.29 is 24.1 Å². The Hall–Kier alpha value is -2.90. The molecular weight excluding hydrogens is 396 g/mol. The molecule has 4 aliphatic rings. The van der Waals surface area contributed by atoms with Crippen LogP contribution in [0.2, 0.25) is 0 Å². The summed E-state index contributed by atoms with van der Waals surface area (Å²) < 4.78 is 17.1. The van der Waals surface area contributed by atoms with Crippen LogP contribution in [0.3, 0.4) is 0 Å². The normalized spacial score (nSPS) is 28.0. The minimum atomic E-state index is -0.824. The van der Waals surface area contributed by atoms with Crippen LogP contribution in [-0.2, 0) is 22.5 Å². The molecule has 1 aliphatic carbocycles. The fraction of sp³-hybridized carbons (Fsp3) is 0.417. The van der Waals surface area contributed by atoms with Crippen LogP contribution in [0, 0.1) is 0 Å². The van der Waals surface area contributed by atoms with E-state index in [0.29, 0.717) is 6.42 Å². The zero-order chi connectivity index (χ0) is 20.9. The van der Waals surface area contributed by atoms with Crippen LogP contribution in [-0.4, -0.2) is 52.5 Å². The van der Waals surface area contributed by atoms with E-state index in [0.717, 1.165) is 47.7 Å². The van der Waals surface area contributed by atoms with Crippen molar-refractivity contribution in [1.29, 1.82) is 0 Å². The van der Waals surface area contributed by atoms with Crippen molar-refractivity contribution in [3.63, 3.8) is 0 Å². The van der Waals surface area contributed by atoms with E-state index in [1.54, 1.807) is 12.4 Å². The average molecular weight is 420 g/mol. The van der Waals surface area contributed by atoms with Gasteiger partial charge in [0, 0.05) is 43.9 Å². The van der Waals surface area contributed by atoms with Crippen molar-refractivity contribution >= 4 is 5.97 Å². The van der Waals surface area contributed by atoms with Gasteiger partial charge in [0.25, 0.3) is 0 Å². The number of carbonyl (C=O) groups is 1. The van der Waals surface area contributed by atoms with Crippen LogP contribution in [0.25, 0.3) is 0 Å². The van der Waals surface area contributed by atoms with Gasteiger partial charge in [-0.15, -0.1) is 0 Å². The number of hydrogen-bond donors (Lipinski definition) is 1. The van der Waals surface area contributed by atoms with E-state index in [9.17, 15) is 9.90 Å². The first-order chi connectivity index (χ1) is 15.2. The lowest BCUT2D eigenvalue weighted by molar-refractivity contribution is -0.157. The number of aryl methyl sites for hydroxylation is 1. The molecule has 3 aliphatic heterocycles. The molecule has 0 amide bonds. The van der Waals surface area contributed by atoms with Gasteiger partial charge < -0.3 is 19.3 Å². The van der Waals surface area contributed by atoms with Gasteiger partial charge in [-0.1, -0.05) is 17.7 Å². The van der Waals surface area contributed by atoms with Gasteiger partial charge >= 0.3 is 5.97 Å². The van der Waals surface area contributed by atoms with E-state index in [2.05, 4.69) is 9.88 Å². The lowest BCUT2D eigenvalue weighted by atomic mass is 9.73. The summed E-state index contributed by atoms with van der Waals surface area (Å²) in [7, 11) is 0. The smallest absolute Gasteiger partial charge is 0.306 e. The molecule has 160 valence electrons. The van der Waals surface area contributed by atoms with Crippen LogP contribution >= 0.6 is 0 Å². The van der Waals surface area contributed by atoms with Gasteiger partial charge in [-0.3, -0.25) is 14.7 Å². The monoisotopic (exact) mass is 420 g/mol. The minimum absolute atomic E-state index is 0.127. The zero-order valence-electron chi connectivity index (χ0n) is 17.1. The Bertz CT molecular complexity index is 1050. The maximum atomic E-state index is 12.7. The fourth-order valence-electron chi connectivity index (χ4n) is 5.48. The summed E-state index contributed by atoms with van der Waals surface area (Å²) in [5, 5.41) is 10.9. The van der Waals surface area contributed by atoms with Gasteiger partial charge in [0.2, 0.25) is 6.79 Å². The third-order valence-corrected chi connectivity index (χ3v) is 6.85. The first kappa shape index (κ1) is 18.8. The molecule has 0 spiro atoms. The topological polar surface area (TPSA) is 81.1 Å². The molecule has 7 heteroatoms. The molecule has 31 heavy (non-hydrogen) atoms. The quantitative estimate of drug-likeness (QED) is 0.601. The number of rotatable bonds is 4. The van der Waals surface area contributed by atoms with Gasteiger partial charge in [-0.25, -0.2) is 0 Å². The Morgan fingerprint density at radius 1 is 1.29 bits per heavy atom. The molecule has 0 bridgehead atoms. The summed E-state index contributed by atoms with van der Waals surface area (Å²) in [6.45, 7) is 1.98. The number of aliphatic hydroxyl groups is 1. The van der Waals surface area contributed by atoms with Crippen molar-refractivity contribution in [2.75, 3.05) is 13.3 Å². The fourth-order valence-corrected chi connectivity index (χ4v) is 5.48. The molecular formula is C24H24N2O5. The molecule has 7 nitrogen and oxygen atoms in total.